The Bertz CT molecular complexity index is 797. The molecule has 4 aliphatic rings. The summed E-state index contributed by atoms with van der Waals surface area (Å²) in [5.74, 6) is -0.284. The number of fused-ring (bicyclic) bond motifs is 2. The smallest absolute Gasteiger partial charge is 0.203 e. The molecule has 1 N–H and O–H groups in total. The molecule has 0 aromatic heterocycles. The standard InChI is InChI=1S/C22H30O6/c1-10-7-14(26-5)20(25)22(4)12(10)8-15-21(3)13(9-16(23)28-15)11(2)18(27-6)17(24)19(21)22/h7,10,12-13,15-16,19,23H,8-9H2,1-6H3/t10-,12+,13+,15-,16-,19+,21-,22+/m1/s1. The minimum atomic E-state index is -0.907. The van der Waals surface area contributed by atoms with Crippen LogP contribution in [0.3, 0.4) is 0 Å². The van der Waals surface area contributed by atoms with Gasteiger partial charge in [-0.05, 0) is 42.7 Å². The van der Waals surface area contributed by atoms with Gasteiger partial charge in [-0.1, -0.05) is 20.8 Å². The van der Waals surface area contributed by atoms with Gasteiger partial charge >= 0.3 is 0 Å². The third-order valence-electron chi connectivity index (χ3n) is 8.22. The Labute approximate surface area is 165 Å². The van der Waals surface area contributed by atoms with Crippen LogP contribution in [0.25, 0.3) is 0 Å². The first-order valence-electron chi connectivity index (χ1n) is 10.0. The Balaban J connectivity index is 1.97. The number of ether oxygens (including phenoxy) is 3. The lowest BCUT2D eigenvalue weighted by Crippen LogP contribution is -2.69. The fraction of sp³-hybridized carbons (Fsp3) is 0.727. The number of hydrogen-bond donors (Lipinski definition) is 1. The molecule has 6 heteroatoms. The van der Waals surface area contributed by atoms with E-state index in [2.05, 4.69) is 13.8 Å². The third-order valence-corrected chi connectivity index (χ3v) is 8.22. The van der Waals surface area contributed by atoms with E-state index in [1.54, 1.807) is 0 Å². The van der Waals surface area contributed by atoms with Crippen LogP contribution in [0.5, 0.6) is 0 Å². The number of carbonyl (C=O) groups excluding carboxylic acids is 2. The van der Waals surface area contributed by atoms with Crippen LogP contribution in [0.2, 0.25) is 0 Å². The van der Waals surface area contributed by atoms with Crippen molar-refractivity contribution in [3.63, 3.8) is 0 Å². The van der Waals surface area contributed by atoms with Gasteiger partial charge in [-0.25, -0.2) is 0 Å². The van der Waals surface area contributed by atoms with Crippen LogP contribution in [0, 0.1) is 34.5 Å². The summed E-state index contributed by atoms with van der Waals surface area (Å²) in [6.07, 6.45) is 1.70. The molecule has 4 rings (SSSR count). The number of rotatable bonds is 2. The lowest BCUT2D eigenvalue weighted by Gasteiger charge is -2.65. The molecule has 154 valence electrons. The summed E-state index contributed by atoms with van der Waals surface area (Å²) in [4.78, 5) is 27.3. The summed E-state index contributed by atoms with van der Waals surface area (Å²) in [6.45, 7) is 7.93. The van der Waals surface area contributed by atoms with Crippen LogP contribution < -0.4 is 0 Å². The molecule has 0 radical (unpaired) electrons. The molecule has 8 atom stereocenters. The Hall–Kier alpha value is -1.66. The van der Waals surface area contributed by atoms with Gasteiger partial charge in [0.2, 0.25) is 11.6 Å². The van der Waals surface area contributed by atoms with Crippen molar-refractivity contribution in [2.24, 2.45) is 34.5 Å². The van der Waals surface area contributed by atoms with E-state index in [-0.39, 0.29) is 35.4 Å². The summed E-state index contributed by atoms with van der Waals surface area (Å²) in [5, 5.41) is 10.4. The predicted octanol–water partition coefficient (Wildman–Crippen LogP) is 2.61. The molecule has 2 fully saturated rings. The molecule has 0 amide bonds. The highest BCUT2D eigenvalue weighted by molar-refractivity contribution is 6.07. The van der Waals surface area contributed by atoms with Crippen LogP contribution in [-0.4, -0.2) is 43.3 Å². The first-order chi connectivity index (χ1) is 13.1. The fourth-order valence-corrected chi connectivity index (χ4v) is 6.96. The van der Waals surface area contributed by atoms with Gasteiger partial charge in [-0.2, -0.15) is 0 Å². The van der Waals surface area contributed by atoms with Crippen LogP contribution >= 0.6 is 0 Å². The molecule has 0 aromatic carbocycles. The molecule has 0 spiro atoms. The molecular formula is C22H30O6. The molecule has 1 aliphatic heterocycles. The first kappa shape index (κ1) is 19.6. The average Bonchev–Trinajstić information content (AvgIpc) is 2.63. The second-order valence-corrected chi connectivity index (χ2v) is 9.30. The number of methoxy groups -OCH3 is 2. The SMILES string of the molecule is COC1=C[C@@H](C)[C@@H]2C[C@H]3O[C@@H](O)C[C@H]4C(C)=C(OC)C(=O)[C@H]([C@@]2(C)C1=O)[C@@]34C. The lowest BCUT2D eigenvalue weighted by molar-refractivity contribution is -0.272. The zero-order valence-electron chi connectivity index (χ0n) is 17.4. The molecule has 1 heterocycles. The van der Waals surface area contributed by atoms with E-state index < -0.39 is 23.0 Å². The third kappa shape index (κ3) is 2.16. The van der Waals surface area contributed by atoms with Crippen molar-refractivity contribution in [1.82, 2.24) is 0 Å². The summed E-state index contributed by atoms with van der Waals surface area (Å²) in [5.41, 5.74) is -0.644. The van der Waals surface area contributed by atoms with Crippen LogP contribution in [0.15, 0.2) is 23.2 Å². The zero-order valence-corrected chi connectivity index (χ0v) is 17.4. The van der Waals surface area contributed by atoms with Gasteiger partial charge in [0.15, 0.2) is 17.8 Å². The second-order valence-electron chi connectivity index (χ2n) is 9.30. The Morgan fingerprint density at radius 1 is 1.18 bits per heavy atom. The number of carbonyl (C=O) groups is 2. The average molecular weight is 390 g/mol. The van der Waals surface area contributed by atoms with Gasteiger partial charge < -0.3 is 19.3 Å². The maximum absolute atomic E-state index is 13.7. The van der Waals surface area contributed by atoms with Crippen LogP contribution in [0.4, 0.5) is 0 Å². The van der Waals surface area contributed by atoms with Crippen molar-refractivity contribution in [3.05, 3.63) is 23.2 Å². The monoisotopic (exact) mass is 390 g/mol. The minimum absolute atomic E-state index is 0.0501. The Morgan fingerprint density at radius 2 is 1.86 bits per heavy atom. The number of ketones is 2. The van der Waals surface area contributed by atoms with Gasteiger partial charge in [0.1, 0.15) is 0 Å². The van der Waals surface area contributed by atoms with Gasteiger partial charge in [0.25, 0.3) is 0 Å². The summed E-state index contributed by atoms with van der Waals surface area (Å²) in [6, 6.07) is 0. The first-order valence-corrected chi connectivity index (χ1v) is 10.0. The van der Waals surface area contributed by atoms with Crippen molar-refractivity contribution in [3.8, 4) is 0 Å². The van der Waals surface area contributed by atoms with Crippen LogP contribution in [0.1, 0.15) is 40.5 Å². The zero-order chi connectivity index (χ0) is 20.6. The predicted molar refractivity (Wildman–Crippen MR) is 101 cm³/mol. The Kier molecular flexibility index (Phi) is 4.33. The van der Waals surface area contributed by atoms with E-state index in [0.717, 1.165) is 5.57 Å². The van der Waals surface area contributed by atoms with E-state index >= 15 is 0 Å². The van der Waals surface area contributed by atoms with E-state index in [1.807, 2.05) is 19.9 Å². The van der Waals surface area contributed by atoms with Crippen LogP contribution in [-0.2, 0) is 23.8 Å². The summed E-state index contributed by atoms with van der Waals surface area (Å²) < 4.78 is 16.9. The fourth-order valence-electron chi connectivity index (χ4n) is 6.96. The highest BCUT2D eigenvalue weighted by Gasteiger charge is 2.71. The molecule has 6 nitrogen and oxygen atoms in total. The lowest BCUT2D eigenvalue weighted by atomic mass is 9.40. The highest BCUT2D eigenvalue weighted by atomic mass is 16.6. The quantitative estimate of drug-likeness (QED) is 0.781. The molecule has 3 aliphatic carbocycles. The van der Waals surface area contributed by atoms with Crippen molar-refractivity contribution in [2.45, 2.75) is 52.9 Å². The van der Waals surface area contributed by atoms with E-state index in [0.29, 0.717) is 24.4 Å². The molecule has 28 heavy (non-hydrogen) atoms. The van der Waals surface area contributed by atoms with Crippen molar-refractivity contribution >= 4 is 11.6 Å². The normalized spacial score (nSPS) is 47.9. The van der Waals surface area contributed by atoms with Crippen molar-refractivity contribution < 1.29 is 28.9 Å². The summed E-state index contributed by atoms with van der Waals surface area (Å²) >= 11 is 0. The largest absolute Gasteiger partial charge is 0.493 e. The van der Waals surface area contributed by atoms with E-state index in [4.69, 9.17) is 14.2 Å². The number of hydrogen-bond acceptors (Lipinski definition) is 6. The number of allylic oxidation sites excluding steroid dienone is 4. The highest BCUT2D eigenvalue weighted by Crippen LogP contribution is 2.67. The topological polar surface area (TPSA) is 82.1 Å². The molecule has 0 aromatic rings. The second kappa shape index (κ2) is 6.17. The van der Waals surface area contributed by atoms with Crippen molar-refractivity contribution in [2.75, 3.05) is 14.2 Å². The molecular weight excluding hydrogens is 360 g/mol. The number of aliphatic hydroxyl groups excluding tert-OH is 1. The number of Topliss-reactive ketones (excluding diaryl/α,β-unsaturated/α-hetero) is 2. The summed E-state index contributed by atoms with van der Waals surface area (Å²) in [7, 11) is 3.00. The van der Waals surface area contributed by atoms with Gasteiger partial charge in [0.05, 0.1) is 20.3 Å². The maximum atomic E-state index is 13.7. The maximum Gasteiger partial charge on any atom is 0.203 e. The van der Waals surface area contributed by atoms with Crippen molar-refractivity contribution in [1.29, 1.82) is 0 Å². The van der Waals surface area contributed by atoms with E-state index in [9.17, 15) is 14.7 Å². The Morgan fingerprint density at radius 3 is 2.46 bits per heavy atom. The van der Waals surface area contributed by atoms with E-state index in [1.165, 1.54) is 14.2 Å². The molecule has 1 saturated carbocycles. The molecule has 0 bridgehead atoms. The molecule has 0 unspecified atom stereocenters. The van der Waals surface area contributed by atoms with Gasteiger partial charge in [-0.15, -0.1) is 0 Å². The van der Waals surface area contributed by atoms with Gasteiger partial charge in [0, 0.05) is 23.2 Å². The number of aliphatic hydroxyl groups is 1. The van der Waals surface area contributed by atoms with Gasteiger partial charge in [-0.3, -0.25) is 9.59 Å². The molecule has 1 saturated heterocycles. The minimum Gasteiger partial charge on any atom is -0.493 e.